The predicted octanol–water partition coefficient (Wildman–Crippen LogP) is 5.50. The van der Waals surface area contributed by atoms with Crippen LogP contribution in [-0.4, -0.2) is 106 Å². The van der Waals surface area contributed by atoms with Crippen molar-refractivity contribution >= 4 is 50.4 Å². The number of anilines is 1. The zero-order valence-electron chi connectivity index (χ0n) is 34.0. The molecular weight excluding hydrogens is 840 g/mol. The Hall–Kier alpha value is -5.95. The minimum atomic E-state index is -4.36. The van der Waals surface area contributed by atoms with Crippen molar-refractivity contribution in [2.24, 2.45) is 0 Å². The number of pyridine rings is 1. The van der Waals surface area contributed by atoms with E-state index < -0.39 is 69.6 Å². The van der Waals surface area contributed by atoms with E-state index in [4.69, 9.17) is 0 Å². The Morgan fingerprint density at radius 1 is 0.952 bits per heavy atom. The van der Waals surface area contributed by atoms with Crippen molar-refractivity contribution in [2.75, 3.05) is 37.4 Å². The zero-order valence-corrected chi connectivity index (χ0v) is 34.8. The Kier molecular flexibility index (Phi) is 11.4. The lowest BCUT2D eigenvalue weighted by molar-refractivity contribution is -0.136. The summed E-state index contributed by atoms with van der Waals surface area (Å²) in [6.45, 7) is 2.13. The van der Waals surface area contributed by atoms with Crippen LogP contribution in [-0.2, 0) is 26.3 Å². The molecular formula is C45H44F3N7O7S. The number of aliphatic hydroxyl groups excluding tert-OH is 1. The average Bonchev–Trinajstić information content (AvgIpc) is 4.00. The van der Waals surface area contributed by atoms with Gasteiger partial charge in [-0.15, -0.1) is 0 Å². The van der Waals surface area contributed by atoms with E-state index >= 15 is 8.78 Å². The molecule has 0 unspecified atom stereocenters. The summed E-state index contributed by atoms with van der Waals surface area (Å²) >= 11 is 0. The normalized spacial score (nSPS) is 20.6. The van der Waals surface area contributed by atoms with E-state index in [2.05, 4.69) is 32.3 Å². The van der Waals surface area contributed by atoms with Crippen molar-refractivity contribution in [3.63, 3.8) is 0 Å². The molecule has 9 rings (SSSR count). The monoisotopic (exact) mass is 883 g/mol. The highest BCUT2D eigenvalue weighted by atomic mass is 32.2. The van der Waals surface area contributed by atoms with Crippen LogP contribution in [0.5, 0.6) is 0 Å². The summed E-state index contributed by atoms with van der Waals surface area (Å²) in [5.74, 6) is -4.32. The van der Waals surface area contributed by atoms with Crippen LogP contribution < -0.4 is 10.0 Å². The second-order valence-corrected chi connectivity index (χ2v) is 18.3. The number of hydrogen-bond acceptors (Lipinski definition) is 9. The van der Waals surface area contributed by atoms with Crippen LogP contribution in [0.15, 0.2) is 73.1 Å². The van der Waals surface area contributed by atoms with Gasteiger partial charge in [0.15, 0.2) is 5.82 Å². The fourth-order valence-electron chi connectivity index (χ4n) is 9.14. The number of aliphatic hydroxyl groups is 1. The summed E-state index contributed by atoms with van der Waals surface area (Å²) in [5.41, 5.74) is 3.28. The minimum absolute atomic E-state index is 0.00348. The second-order valence-electron chi connectivity index (χ2n) is 16.6. The Morgan fingerprint density at radius 2 is 1.73 bits per heavy atom. The molecule has 3 saturated heterocycles. The fraction of sp³-hybridized carbons (Fsp3) is 0.356. The van der Waals surface area contributed by atoms with E-state index in [-0.39, 0.29) is 49.7 Å². The van der Waals surface area contributed by atoms with Crippen LogP contribution in [0.2, 0.25) is 0 Å². The first-order valence-electron chi connectivity index (χ1n) is 20.9. The van der Waals surface area contributed by atoms with Crippen LogP contribution in [0.4, 0.5) is 18.9 Å². The molecule has 6 heterocycles. The van der Waals surface area contributed by atoms with Crippen LogP contribution in [0.3, 0.4) is 0 Å². The van der Waals surface area contributed by atoms with Gasteiger partial charge in [0.2, 0.25) is 17.6 Å². The maximum atomic E-state index is 15.7. The summed E-state index contributed by atoms with van der Waals surface area (Å²) in [7, 11) is -4.36. The molecule has 3 aromatic carbocycles. The molecule has 14 nitrogen and oxygen atoms in total. The molecule has 0 radical (unpaired) electrons. The van der Waals surface area contributed by atoms with Gasteiger partial charge in [-0.25, -0.2) is 18.2 Å². The molecule has 0 aliphatic carbocycles. The van der Waals surface area contributed by atoms with Gasteiger partial charge in [-0.3, -0.25) is 29.2 Å². The molecule has 3 fully saturated rings. The Bertz CT molecular complexity index is 2760. The summed E-state index contributed by atoms with van der Waals surface area (Å²) in [6.07, 6.45) is 3.66. The van der Waals surface area contributed by atoms with Gasteiger partial charge in [0.1, 0.15) is 23.7 Å². The number of benzene rings is 3. The molecule has 5 aromatic rings. The average molecular weight is 884 g/mol. The quantitative estimate of drug-likeness (QED) is 0.0928. The van der Waals surface area contributed by atoms with Gasteiger partial charge in [-0.1, -0.05) is 36.4 Å². The maximum Gasteiger partial charge on any atom is 0.301 e. The molecule has 4 aliphatic rings. The molecule has 0 spiro atoms. The van der Waals surface area contributed by atoms with Gasteiger partial charge >= 0.3 is 10.2 Å². The minimum Gasteiger partial charge on any atom is -0.388 e. The van der Waals surface area contributed by atoms with Gasteiger partial charge in [0, 0.05) is 67.1 Å². The topological polar surface area (TPSA) is 185 Å². The summed E-state index contributed by atoms with van der Waals surface area (Å²) < 4.78 is 73.0. The Morgan fingerprint density at radius 3 is 2.46 bits per heavy atom. The highest BCUT2D eigenvalue weighted by Crippen LogP contribution is 2.35. The molecule has 0 saturated carbocycles. The number of hydrogen-bond donors (Lipinski definition) is 4. The van der Waals surface area contributed by atoms with Gasteiger partial charge < -0.3 is 19.9 Å². The second kappa shape index (κ2) is 17.0. The van der Waals surface area contributed by atoms with Crippen molar-refractivity contribution in [3.8, 4) is 11.1 Å². The number of nitrogens with one attached hydrogen (secondary N) is 3. The van der Waals surface area contributed by atoms with Crippen LogP contribution in [0.25, 0.3) is 22.2 Å². The molecule has 4 N–H and O–H groups in total. The predicted molar refractivity (Wildman–Crippen MR) is 225 cm³/mol. The number of nitrogens with zero attached hydrogens (tertiary/aromatic N) is 4. The SMILES string of the molecule is O=C1CC[C@H](N2Cc3cc([C@@H](O)CCN4CCC(c5ccc(-c6cnc7[nH]cc(C(=O)c8c(F)ccc(NS(=O)(=O)N9CC[C@@H](F)C9)c8F)c7c6)cc5)CC4)ccc3C2=O)C(=O)N1. The van der Waals surface area contributed by atoms with E-state index in [1.807, 2.05) is 22.9 Å². The van der Waals surface area contributed by atoms with E-state index in [9.17, 15) is 37.1 Å². The number of rotatable bonds is 12. The molecule has 0 bridgehead atoms. The fourth-order valence-corrected chi connectivity index (χ4v) is 10.4. The first kappa shape index (κ1) is 42.4. The standard InChI is InChI=1S/C45H44F3N7O7S/c46-31-13-18-54(24-31)63(61,62)52-36-8-7-35(47)40(41(36)48)42(58)34-22-50-43-33(34)20-29(21-49-43)26-3-1-25(2-4-26)27-11-15-53(16-12-27)17-14-38(56)28-5-6-32-30(19-28)23-55(45(32)60)37-9-10-39(57)51-44(37)59/h1-8,19-22,27,31,37-38,52,56H,9-18,23-24H2,(H,49,50)(H,51,57,59)/t31-,37+,38+/m1/s1. The molecule has 18 heteroatoms. The first-order valence-corrected chi connectivity index (χ1v) is 22.4. The first-order chi connectivity index (χ1) is 30.2. The number of alkyl halides is 1. The van der Waals surface area contributed by atoms with Gasteiger partial charge in [-0.2, -0.15) is 12.7 Å². The molecule has 63 heavy (non-hydrogen) atoms. The number of H-pyrrole nitrogens is 1. The smallest absolute Gasteiger partial charge is 0.301 e. The van der Waals surface area contributed by atoms with Gasteiger partial charge in [-0.05, 0) is 97.6 Å². The number of ketones is 1. The summed E-state index contributed by atoms with van der Waals surface area (Å²) in [6, 6.07) is 16.0. The van der Waals surface area contributed by atoms with E-state index in [1.165, 1.54) is 16.7 Å². The van der Waals surface area contributed by atoms with Crippen LogP contribution >= 0.6 is 0 Å². The number of imide groups is 1. The molecule has 3 atom stereocenters. The number of carbonyl (C=O) groups excluding carboxylic acids is 4. The summed E-state index contributed by atoms with van der Waals surface area (Å²) in [4.78, 5) is 62.0. The number of amides is 3. The van der Waals surface area contributed by atoms with E-state index in [0.717, 1.165) is 53.5 Å². The Balaban J connectivity index is 0.807. The van der Waals surface area contributed by atoms with Crippen molar-refractivity contribution < 1.29 is 45.9 Å². The van der Waals surface area contributed by atoms with Crippen molar-refractivity contribution in [2.45, 2.75) is 69.3 Å². The van der Waals surface area contributed by atoms with Crippen LogP contribution in [0, 0.1) is 11.6 Å². The lowest BCUT2D eigenvalue weighted by atomic mass is 9.88. The molecule has 4 aliphatic heterocycles. The third kappa shape index (κ3) is 8.35. The molecule has 3 amide bonds. The lowest BCUT2D eigenvalue weighted by Gasteiger charge is -2.32. The number of piperidine rings is 2. The summed E-state index contributed by atoms with van der Waals surface area (Å²) in [5, 5.41) is 13.7. The third-order valence-corrected chi connectivity index (χ3v) is 14.2. The highest BCUT2D eigenvalue weighted by molar-refractivity contribution is 7.90. The van der Waals surface area contributed by atoms with Crippen LogP contribution in [0.1, 0.15) is 93.5 Å². The van der Waals surface area contributed by atoms with E-state index in [1.54, 1.807) is 24.4 Å². The van der Waals surface area contributed by atoms with Gasteiger partial charge in [0.05, 0.1) is 17.4 Å². The number of aromatic amines is 1. The molecule has 2 aromatic heterocycles. The zero-order chi connectivity index (χ0) is 44.2. The number of halogens is 3. The number of carbonyl (C=O) groups is 4. The van der Waals surface area contributed by atoms with Crippen molar-refractivity contribution in [1.82, 2.24) is 29.4 Å². The number of likely N-dealkylation sites (tertiary alicyclic amines) is 1. The van der Waals surface area contributed by atoms with Crippen molar-refractivity contribution in [3.05, 3.63) is 118 Å². The highest BCUT2D eigenvalue weighted by Gasteiger charge is 2.39. The van der Waals surface area contributed by atoms with E-state index in [0.29, 0.717) is 46.6 Å². The Labute approximate surface area is 360 Å². The lowest BCUT2D eigenvalue weighted by Crippen LogP contribution is -2.52. The molecule has 328 valence electrons. The number of fused-ring (bicyclic) bond motifs is 2. The third-order valence-electron chi connectivity index (χ3n) is 12.7. The van der Waals surface area contributed by atoms with Gasteiger partial charge in [0.25, 0.3) is 5.91 Å². The number of aromatic nitrogens is 2. The largest absolute Gasteiger partial charge is 0.388 e. The maximum absolute atomic E-state index is 15.7. The van der Waals surface area contributed by atoms with Crippen molar-refractivity contribution in [1.29, 1.82) is 0 Å².